The first-order valence-electron chi connectivity index (χ1n) is 8.44. The van der Waals surface area contributed by atoms with Crippen molar-refractivity contribution in [3.63, 3.8) is 0 Å². The molecule has 1 heteroatoms. The molecular weight excluding hydrogens is 218 g/mol. The molecule has 3 atom stereocenters. The highest BCUT2D eigenvalue weighted by Gasteiger charge is 2.42. The summed E-state index contributed by atoms with van der Waals surface area (Å²) in [5.41, 5.74) is 0. The van der Waals surface area contributed by atoms with Crippen LogP contribution in [0.2, 0.25) is 0 Å². The van der Waals surface area contributed by atoms with Crippen molar-refractivity contribution in [2.75, 3.05) is 14.1 Å². The van der Waals surface area contributed by atoms with Gasteiger partial charge in [0, 0.05) is 6.04 Å². The van der Waals surface area contributed by atoms with Crippen LogP contribution in [-0.2, 0) is 0 Å². The van der Waals surface area contributed by atoms with Crippen molar-refractivity contribution in [3.05, 3.63) is 0 Å². The topological polar surface area (TPSA) is 3.24 Å². The number of nitrogens with zero attached hydrogens (tertiary/aromatic N) is 1. The quantitative estimate of drug-likeness (QED) is 0.717. The molecule has 0 saturated heterocycles. The summed E-state index contributed by atoms with van der Waals surface area (Å²) in [7, 11) is 4.69. The van der Waals surface area contributed by atoms with E-state index in [2.05, 4.69) is 19.0 Å². The third-order valence-electron chi connectivity index (χ3n) is 6.30. The molecule has 3 rings (SSSR count). The summed E-state index contributed by atoms with van der Waals surface area (Å²) in [5.74, 6) is 4.26. The van der Waals surface area contributed by atoms with Crippen molar-refractivity contribution in [2.45, 2.75) is 70.3 Å². The van der Waals surface area contributed by atoms with Gasteiger partial charge in [0.05, 0.1) is 0 Å². The van der Waals surface area contributed by atoms with Crippen LogP contribution in [0.1, 0.15) is 64.2 Å². The van der Waals surface area contributed by atoms with Crippen LogP contribution in [0.15, 0.2) is 0 Å². The second kappa shape index (κ2) is 5.53. The van der Waals surface area contributed by atoms with Crippen LogP contribution in [0.5, 0.6) is 0 Å². The Bertz CT molecular complexity index is 265. The maximum Gasteiger partial charge on any atom is 0.0148 e. The Balaban J connectivity index is 1.72. The van der Waals surface area contributed by atoms with Crippen molar-refractivity contribution >= 4 is 0 Å². The second-order valence-electron chi connectivity index (χ2n) is 7.45. The fourth-order valence-corrected chi connectivity index (χ4v) is 5.00. The van der Waals surface area contributed by atoms with E-state index in [9.17, 15) is 0 Å². The first-order valence-corrected chi connectivity index (χ1v) is 8.44. The lowest BCUT2D eigenvalue weighted by molar-refractivity contribution is 0.00329. The molecule has 0 aromatic carbocycles. The fraction of sp³-hybridized carbons (Fsp3) is 1.00. The lowest BCUT2D eigenvalue weighted by atomic mass is 9.60. The Morgan fingerprint density at radius 3 is 1.94 bits per heavy atom. The molecule has 3 fully saturated rings. The third-order valence-corrected chi connectivity index (χ3v) is 6.30. The number of rotatable bonds is 4. The van der Waals surface area contributed by atoms with Gasteiger partial charge in [-0.25, -0.2) is 0 Å². The van der Waals surface area contributed by atoms with Crippen LogP contribution in [-0.4, -0.2) is 25.0 Å². The highest BCUT2D eigenvalue weighted by Crippen LogP contribution is 2.48. The molecule has 0 N–H and O–H groups in total. The van der Waals surface area contributed by atoms with Crippen LogP contribution in [0.25, 0.3) is 0 Å². The highest BCUT2D eigenvalue weighted by molar-refractivity contribution is 4.95. The van der Waals surface area contributed by atoms with Crippen molar-refractivity contribution in [1.29, 1.82) is 0 Å². The van der Waals surface area contributed by atoms with Crippen LogP contribution >= 0.6 is 0 Å². The van der Waals surface area contributed by atoms with E-state index in [4.69, 9.17) is 0 Å². The largest absolute Gasteiger partial charge is 0.306 e. The minimum atomic E-state index is 0.907. The van der Waals surface area contributed by atoms with Crippen molar-refractivity contribution in [1.82, 2.24) is 4.90 Å². The second-order valence-corrected chi connectivity index (χ2v) is 7.45. The summed E-state index contributed by atoms with van der Waals surface area (Å²) >= 11 is 0. The van der Waals surface area contributed by atoms with Gasteiger partial charge >= 0.3 is 0 Å². The van der Waals surface area contributed by atoms with Gasteiger partial charge in [0.1, 0.15) is 0 Å². The van der Waals surface area contributed by atoms with Gasteiger partial charge in [-0.3, -0.25) is 0 Å². The summed E-state index contributed by atoms with van der Waals surface area (Å²) in [6.07, 6.45) is 15.2. The minimum Gasteiger partial charge on any atom is -0.306 e. The van der Waals surface area contributed by atoms with Gasteiger partial charge in [0.2, 0.25) is 0 Å². The molecule has 3 aliphatic rings. The molecule has 3 aliphatic carbocycles. The van der Waals surface area contributed by atoms with Gasteiger partial charge in [-0.2, -0.15) is 0 Å². The molecule has 0 aromatic rings. The molecule has 0 bridgehead atoms. The maximum absolute atomic E-state index is 2.59. The molecule has 3 unspecified atom stereocenters. The summed E-state index contributed by atoms with van der Waals surface area (Å²) in [6, 6.07) is 0.907. The monoisotopic (exact) mass is 249 g/mol. The first-order chi connectivity index (χ1) is 8.77. The van der Waals surface area contributed by atoms with Crippen LogP contribution in [0.4, 0.5) is 0 Å². The predicted molar refractivity (Wildman–Crippen MR) is 77.6 cm³/mol. The van der Waals surface area contributed by atoms with E-state index in [-0.39, 0.29) is 0 Å². The molecule has 0 amide bonds. The molecule has 0 heterocycles. The molecule has 3 saturated carbocycles. The van der Waals surface area contributed by atoms with E-state index in [0.29, 0.717) is 0 Å². The maximum atomic E-state index is 2.59. The standard InChI is InChI=1S/C17H31N/c1-18(2)17(14-9-6-10-14)16-12-4-3-11-15(16)13-7-5-8-13/h13-17H,3-12H2,1-2H3. The van der Waals surface area contributed by atoms with E-state index in [0.717, 1.165) is 29.7 Å². The highest BCUT2D eigenvalue weighted by atomic mass is 15.1. The predicted octanol–water partition coefficient (Wildman–Crippen LogP) is 4.32. The molecule has 18 heavy (non-hydrogen) atoms. The molecule has 0 spiro atoms. The van der Waals surface area contributed by atoms with Gasteiger partial charge in [-0.1, -0.05) is 38.5 Å². The van der Waals surface area contributed by atoms with Gasteiger partial charge in [-0.15, -0.1) is 0 Å². The molecule has 0 aromatic heterocycles. The molecule has 104 valence electrons. The van der Waals surface area contributed by atoms with Gasteiger partial charge in [-0.05, 0) is 63.5 Å². The Kier molecular flexibility index (Phi) is 3.98. The summed E-state index contributed by atoms with van der Waals surface area (Å²) < 4.78 is 0. The lowest BCUT2D eigenvalue weighted by Crippen LogP contribution is -2.49. The van der Waals surface area contributed by atoms with Crippen LogP contribution < -0.4 is 0 Å². The SMILES string of the molecule is CN(C)C(C1CCC1)C1CCCCC1C1CCC1. The molecule has 1 nitrogen and oxygen atoms in total. The molecule has 0 radical (unpaired) electrons. The normalized spacial score (nSPS) is 36.2. The Hall–Kier alpha value is -0.0400. The van der Waals surface area contributed by atoms with Crippen LogP contribution in [0.3, 0.4) is 0 Å². The summed E-state index contributed by atoms with van der Waals surface area (Å²) in [6.45, 7) is 0. The first kappa shape index (κ1) is 13.0. The van der Waals surface area contributed by atoms with Crippen molar-refractivity contribution in [2.24, 2.45) is 23.7 Å². The average Bonchev–Trinajstić information content (AvgIpc) is 2.21. The van der Waals surface area contributed by atoms with Crippen molar-refractivity contribution < 1.29 is 0 Å². The van der Waals surface area contributed by atoms with E-state index >= 15 is 0 Å². The van der Waals surface area contributed by atoms with Gasteiger partial charge < -0.3 is 4.90 Å². The molecule has 0 aliphatic heterocycles. The Morgan fingerprint density at radius 2 is 1.44 bits per heavy atom. The average molecular weight is 249 g/mol. The van der Waals surface area contributed by atoms with E-state index < -0.39 is 0 Å². The Labute approximate surface area is 113 Å². The third kappa shape index (κ3) is 2.35. The number of hydrogen-bond donors (Lipinski definition) is 0. The van der Waals surface area contributed by atoms with E-state index in [1.165, 1.54) is 44.9 Å². The molecular formula is C17H31N. The zero-order chi connectivity index (χ0) is 12.5. The van der Waals surface area contributed by atoms with Gasteiger partial charge in [0.15, 0.2) is 0 Å². The number of hydrogen-bond acceptors (Lipinski definition) is 1. The summed E-state index contributed by atoms with van der Waals surface area (Å²) in [5, 5.41) is 0. The smallest absolute Gasteiger partial charge is 0.0148 e. The van der Waals surface area contributed by atoms with Crippen molar-refractivity contribution in [3.8, 4) is 0 Å². The lowest BCUT2D eigenvalue weighted by Gasteiger charge is -2.50. The van der Waals surface area contributed by atoms with Crippen LogP contribution in [0, 0.1) is 23.7 Å². The zero-order valence-corrected chi connectivity index (χ0v) is 12.4. The minimum absolute atomic E-state index is 0.907. The van der Waals surface area contributed by atoms with E-state index in [1.807, 2.05) is 0 Å². The zero-order valence-electron chi connectivity index (χ0n) is 12.4. The van der Waals surface area contributed by atoms with Gasteiger partial charge in [0.25, 0.3) is 0 Å². The Morgan fingerprint density at radius 1 is 0.778 bits per heavy atom. The fourth-order valence-electron chi connectivity index (χ4n) is 5.00. The summed E-state index contributed by atoms with van der Waals surface area (Å²) in [4.78, 5) is 2.59. The van der Waals surface area contributed by atoms with E-state index in [1.54, 1.807) is 19.3 Å².